The van der Waals surface area contributed by atoms with Gasteiger partial charge in [-0.1, -0.05) is 0 Å². The molecule has 8 heteroatoms. The molecule has 2 aromatic rings. The van der Waals surface area contributed by atoms with Crippen LogP contribution in [0.4, 0.5) is 5.82 Å². The van der Waals surface area contributed by atoms with E-state index in [-0.39, 0.29) is 23.7 Å². The number of likely N-dealkylation sites (tertiary alicyclic amines) is 1. The van der Waals surface area contributed by atoms with Gasteiger partial charge in [0.1, 0.15) is 17.0 Å². The molecular formula is C23H31N5O2S. The van der Waals surface area contributed by atoms with Crippen molar-refractivity contribution in [2.75, 3.05) is 31.1 Å². The minimum Gasteiger partial charge on any atom is -0.356 e. The molecular weight excluding hydrogens is 410 g/mol. The lowest BCUT2D eigenvalue weighted by Gasteiger charge is -2.37. The van der Waals surface area contributed by atoms with E-state index >= 15 is 0 Å². The molecule has 2 aromatic heterocycles. The Hall–Kier alpha value is -2.22. The summed E-state index contributed by atoms with van der Waals surface area (Å²) in [6.07, 6.45) is 7.19. The third-order valence-electron chi connectivity index (χ3n) is 7.19. The summed E-state index contributed by atoms with van der Waals surface area (Å²) in [5.74, 6) is 1.63. The number of nitrogens with zero attached hydrogens (tertiary/aromatic N) is 4. The number of thiophene rings is 1. The van der Waals surface area contributed by atoms with Crippen LogP contribution in [0, 0.1) is 25.7 Å². The summed E-state index contributed by atoms with van der Waals surface area (Å²) in [6, 6.07) is 0.412. The zero-order valence-corrected chi connectivity index (χ0v) is 19.2. The van der Waals surface area contributed by atoms with Crippen molar-refractivity contribution in [3.05, 3.63) is 16.8 Å². The molecule has 2 amide bonds. The number of nitrogens with one attached hydrogen (secondary N) is 1. The number of hydrogen-bond acceptors (Lipinski definition) is 6. The van der Waals surface area contributed by atoms with Gasteiger partial charge in [-0.2, -0.15) is 0 Å². The molecule has 0 spiro atoms. The molecule has 0 aromatic carbocycles. The fraction of sp³-hybridized carbons (Fsp3) is 0.652. The fourth-order valence-electron chi connectivity index (χ4n) is 4.91. The molecule has 0 atom stereocenters. The molecule has 0 bridgehead atoms. The Bertz CT molecular complexity index is 985. The summed E-state index contributed by atoms with van der Waals surface area (Å²) in [6.45, 7) is 7.39. The number of hydrogen-bond donors (Lipinski definition) is 1. The maximum atomic E-state index is 13.1. The molecule has 7 nitrogen and oxygen atoms in total. The molecule has 1 aliphatic carbocycles. The largest absolute Gasteiger partial charge is 0.356 e. The van der Waals surface area contributed by atoms with Crippen LogP contribution in [0.1, 0.15) is 49.0 Å². The molecule has 3 fully saturated rings. The van der Waals surface area contributed by atoms with E-state index in [2.05, 4.69) is 34.0 Å². The highest BCUT2D eigenvalue weighted by Crippen LogP contribution is 2.36. The predicted molar refractivity (Wildman–Crippen MR) is 122 cm³/mol. The van der Waals surface area contributed by atoms with Crippen molar-refractivity contribution < 1.29 is 9.59 Å². The lowest BCUT2D eigenvalue weighted by Crippen LogP contribution is -2.47. The van der Waals surface area contributed by atoms with Crippen molar-refractivity contribution in [3.8, 4) is 0 Å². The van der Waals surface area contributed by atoms with Gasteiger partial charge in [0.25, 0.3) is 0 Å². The first-order valence-electron chi connectivity index (χ1n) is 11.6. The topological polar surface area (TPSA) is 78.4 Å². The molecule has 166 valence electrons. The molecule has 0 unspecified atom stereocenters. The van der Waals surface area contributed by atoms with E-state index in [0.29, 0.717) is 19.1 Å². The Morgan fingerprint density at radius 1 is 0.968 bits per heavy atom. The summed E-state index contributed by atoms with van der Waals surface area (Å²) in [7, 11) is 0. The molecule has 4 heterocycles. The average Bonchev–Trinajstić information content (AvgIpc) is 3.57. The summed E-state index contributed by atoms with van der Waals surface area (Å²) in [4.78, 5) is 41.1. The summed E-state index contributed by atoms with van der Waals surface area (Å²) in [5.41, 5.74) is 1.27. The number of carbonyl (C=O) groups is 2. The van der Waals surface area contributed by atoms with Crippen LogP contribution < -0.4 is 10.2 Å². The summed E-state index contributed by atoms with van der Waals surface area (Å²) < 4.78 is 0. The second-order valence-electron chi connectivity index (χ2n) is 9.30. The van der Waals surface area contributed by atoms with E-state index in [9.17, 15) is 9.59 Å². The third-order valence-corrected chi connectivity index (χ3v) is 8.31. The molecule has 2 saturated heterocycles. The lowest BCUT2D eigenvalue weighted by molar-refractivity contribution is -0.139. The zero-order valence-electron chi connectivity index (χ0n) is 18.4. The number of fused-ring (bicyclic) bond motifs is 1. The number of amides is 2. The maximum absolute atomic E-state index is 13.1. The van der Waals surface area contributed by atoms with Crippen molar-refractivity contribution in [1.82, 2.24) is 20.2 Å². The number of aryl methyl sites for hydroxylation is 2. The first-order chi connectivity index (χ1) is 15.0. The minimum atomic E-state index is 0.0731. The standard InChI is InChI=1S/C23H31N5O2S/c1-14-15(2)31-22-19(14)20(24-13-25-22)27-9-7-17(8-10-27)23(30)28-11-5-16(6-12-28)21(29)26-18-3-4-18/h13,16-18H,3-12H2,1-2H3,(H,26,29). The van der Waals surface area contributed by atoms with Crippen molar-refractivity contribution in [2.45, 2.75) is 58.4 Å². The minimum absolute atomic E-state index is 0.0731. The first kappa shape index (κ1) is 20.7. The molecule has 2 aliphatic heterocycles. The molecule has 31 heavy (non-hydrogen) atoms. The van der Waals surface area contributed by atoms with E-state index in [1.54, 1.807) is 17.7 Å². The third kappa shape index (κ3) is 4.14. The summed E-state index contributed by atoms with van der Waals surface area (Å²) >= 11 is 1.72. The van der Waals surface area contributed by atoms with Gasteiger partial charge in [-0.25, -0.2) is 9.97 Å². The number of aromatic nitrogens is 2. The average molecular weight is 442 g/mol. The second-order valence-corrected chi connectivity index (χ2v) is 10.5. The molecule has 3 aliphatic rings. The normalized spacial score (nSPS) is 21.0. The van der Waals surface area contributed by atoms with Crippen molar-refractivity contribution in [2.24, 2.45) is 11.8 Å². The molecule has 0 radical (unpaired) electrons. The number of carbonyl (C=O) groups excluding carboxylic acids is 2. The Morgan fingerprint density at radius 2 is 1.65 bits per heavy atom. The van der Waals surface area contributed by atoms with Crippen LogP contribution in [0.15, 0.2) is 6.33 Å². The Kier molecular flexibility index (Phi) is 5.58. The fourth-order valence-corrected chi connectivity index (χ4v) is 5.90. The van der Waals surface area contributed by atoms with Crippen LogP contribution in [0.5, 0.6) is 0 Å². The molecule has 1 N–H and O–H groups in total. The van der Waals surface area contributed by atoms with Gasteiger partial charge in [0, 0.05) is 48.9 Å². The van der Waals surface area contributed by atoms with Crippen LogP contribution in [-0.4, -0.2) is 58.9 Å². The summed E-state index contributed by atoms with van der Waals surface area (Å²) in [5, 5.41) is 4.28. The second kappa shape index (κ2) is 8.37. The van der Waals surface area contributed by atoms with Crippen molar-refractivity contribution >= 4 is 39.2 Å². The van der Waals surface area contributed by atoms with Crippen LogP contribution in [0.25, 0.3) is 10.2 Å². The van der Waals surface area contributed by atoms with E-state index in [1.807, 2.05) is 4.90 Å². The van der Waals surface area contributed by atoms with Crippen molar-refractivity contribution in [3.63, 3.8) is 0 Å². The monoisotopic (exact) mass is 441 g/mol. The van der Waals surface area contributed by atoms with Gasteiger partial charge >= 0.3 is 0 Å². The highest BCUT2D eigenvalue weighted by atomic mass is 32.1. The maximum Gasteiger partial charge on any atom is 0.225 e. The highest BCUT2D eigenvalue weighted by molar-refractivity contribution is 7.18. The molecule has 1 saturated carbocycles. The number of piperidine rings is 2. The van der Waals surface area contributed by atoms with Gasteiger partial charge in [0.15, 0.2) is 0 Å². The van der Waals surface area contributed by atoms with E-state index < -0.39 is 0 Å². The first-order valence-corrected chi connectivity index (χ1v) is 12.4. The van der Waals surface area contributed by atoms with Crippen LogP contribution in [-0.2, 0) is 9.59 Å². The van der Waals surface area contributed by atoms with Crippen LogP contribution in [0.2, 0.25) is 0 Å². The Balaban J connectivity index is 1.17. The van der Waals surface area contributed by atoms with Gasteiger partial charge in [-0.3, -0.25) is 9.59 Å². The Morgan fingerprint density at radius 3 is 2.32 bits per heavy atom. The van der Waals surface area contributed by atoms with Gasteiger partial charge in [-0.15, -0.1) is 11.3 Å². The highest BCUT2D eigenvalue weighted by Gasteiger charge is 2.34. The quantitative estimate of drug-likeness (QED) is 0.789. The van der Waals surface area contributed by atoms with Crippen LogP contribution >= 0.6 is 11.3 Å². The van der Waals surface area contributed by atoms with Gasteiger partial charge in [-0.05, 0) is 57.9 Å². The van der Waals surface area contributed by atoms with E-state index in [1.165, 1.54) is 15.8 Å². The SMILES string of the molecule is Cc1sc2ncnc(N3CCC(C(=O)N4CCC(C(=O)NC5CC5)CC4)CC3)c2c1C. The van der Waals surface area contributed by atoms with Crippen molar-refractivity contribution in [1.29, 1.82) is 0 Å². The van der Waals surface area contributed by atoms with Gasteiger partial charge in [0.05, 0.1) is 5.39 Å². The number of anilines is 1. The number of rotatable bonds is 4. The van der Waals surface area contributed by atoms with Crippen LogP contribution in [0.3, 0.4) is 0 Å². The molecule has 5 rings (SSSR count). The lowest BCUT2D eigenvalue weighted by atomic mass is 9.91. The van der Waals surface area contributed by atoms with Gasteiger partial charge in [0.2, 0.25) is 11.8 Å². The van der Waals surface area contributed by atoms with E-state index in [0.717, 1.165) is 62.3 Å². The zero-order chi connectivity index (χ0) is 21.5. The smallest absolute Gasteiger partial charge is 0.225 e. The predicted octanol–water partition coefficient (Wildman–Crippen LogP) is 3.04. The van der Waals surface area contributed by atoms with Gasteiger partial charge < -0.3 is 15.1 Å². The Labute approximate surface area is 187 Å². The van der Waals surface area contributed by atoms with E-state index in [4.69, 9.17) is 0 Å².